The summed E-state index contributed by atoms with van der Waals surface area (Å²) >= 11 is 0. The van der Waals surface area contributed by atoms with Gasteiger partial charge in [-0.1, -0.05) is 263 Å². The van der Waals surface area contributed by atoms with E-state index in [-0.39, 0.29) is 44.6 Å². The first-order chi connectivity index (χ1) is 42.3. The molecule has 0 unspecified atom stereocenters. The Hall–Kier alpha value is -5.01. The normalized spacial score (nSPS) is 23.6. The zero-order valence-electron chi connectivity index (χ0n) is 55.5. The minimum atomic E-state index is -4.39. The van der Waals surface area contributed by atoms with E-state index in [0.29, 0.717) is 11.8 Å². The first kappa shape index (κ1) is 65.1. The highest BCUT2D eigenvalue weighted by Crippen LogP contribution is 2.70. The van der Waals surface area contributed by atoms with Crippen LogP contribution in [0, 0.1) is 33.5 Å². The standard InChI is InChI=1S/C76H94N2O6P2S2Si2/c1-71(2,3)89(11,12)83-67-51-57-47-49-75(67,73(57,7)8)53-87(79,80)77-85(59-33-19-15-20-34-59,60-35-21-16-22-36-60)65-45-43-55-31-27-29-41-63(55)69(65)70-64-42-30-28-32-56(64)44-46-66(70)86(61-37-23-17-24-38-61,62-39-25-18-26-40-62)78-88(81,82)54-76-50-48-58(74(76,9)10)52-68(76)84-90(13,14)72(4,5)6/h15-46,57-58,67-68H,47-54H2,1-14H3/t57-,58-,67-,68-,75-,76-/m1/s1. The number of benzene rings is 8. The molecule has 4 aliphatic carbocycles. The van der Waals surface area contributed by atoms with Crippen molar-refractivity contribution in [2.45, 2.75) is 156 Å². The molecule has 4 saturated carbocycles. The molecule has 6 atom stereocenters. The molecule has 0 amide bonds. The third-order valence-electron chi connectivity index (χ3n) is 23.9. The lowest BCUT2D eigenvalue weighted by atomic mass is 9.70. The second-order valence-corrected chi connectivity index (χ2v) is 50.3. The smallest absolute Gasteiger partial charge is 0.253 e. The van der Waals surface area contributed by atoms with E-state index >= 15 is 16.8 Å². The van der Waals surface area contributed by atoms with Crippen molar-refractivity contribution < 1.29 is 25.7 Å². The van der Waals surface area contributed by atoms with Crippen molar-refractivity contribution in [1.82, 2.24) is 0 Å². The fourth-order valence-corrected chi connectivity index (χ4v) is 33.4. The lowest BCUT2D eigenvalue weighted by Crippen LogP contribution is -2.52. The Kier molecular flexibility index (Phi) is 16.5. The fourth-order valence-electron chi connectivity index (χ4n) is 16.4. The van der Waals surface area contributed by atoms with E-state index in [2.05, 4.69) is 205 Å². The second-order valence-electron chi connectivity index (χ2n) is 31.0. The van der Waals surface area contributed by atoms with Crippen LogP contribution in [0.2, 0.25) is 36.3 Å². The fraction of sp³-hybridized carbons (Fsp3) is 0.421. The molecule has 4 aliphatic rings. The van der Waals surface area contributed by atoms with Crippen LogP contribution in [-0.2, 0) is 28.9 Å². The van der Waals surface area contributed by atoms with Gasteiger partial charge >= 0.3 is 0 Å². The van der Waals surface area contributed by atoms with E-state index in [1.54, 1.807) is 0 Å². The zero-order valence-corrected chi connectivity index (χ0v) is 60.9. The minimum Gasteiger partial charge on any atom is -0.413 e. The van der Waals surface area contributed by atoms with Crippen LogP contribution in [0.15, 0.2) is 202 Å². The van der Waals surface area contributed by atoms with Gasteiger partial charge in [0.15, 0.2) is 16.6 Å². The van der Waals surface area contributed by atoms with Crippen LogP contribution in [0.1, 0.15) is 108 Å². The van der Waals surface area contributed by atoms with Crippen molar-refractivity contribution in [3.05, 3.63) is 194 Å². The summed E-state index contributed by atoms with van der Waals surface area (Å²) in [6.45, 7) is 31.9. The maximum Gasteiger partial charge on any atom is 0.253 e. The van der Waals surface area contributed by atoms with Crippen LogP contribution in [0.3, 0.4) is 0 Å². The Morgan fingerprint density at radius 2 is 0.722 bits per heavy atom. The molecule has 8 aromatic carbocycles. The van der Waals surface area contributed by atoms with Gasteiger partial charge in [-0.2, -0.15) is 8.30 Å². The van der Waals surface area contributed by atoms with Gasteiger partial charge in [0.25, 0.3) is 20.0 Å². The average molecular weight is 1310 g/mol. The number of nitrogens with zero attached hydrogens (tertiary/aromatic N) is 2. The van der Waals surface area contributed by atoms with Crippen LogP contribution in [0.25, 0.3) is 32.7 Å². The molecule has 474 valence electrons. The predicted octanol–water partition coefficient (Wildman–Crippen LogP) is 17.7. The molecule has 0 saturated heterocycles. The third kappa shape index (κ3) is 10.6. The minimum absolute atomic E-state index is 0.0785. The molecule has 0 spiro atoms. The molecule has 0 aromatic heterocycles. The topological polar surface area (TPSA) is 111 Å². The molecule has 4 bridgehead atoms. The number of sulfonamides is 2. The number of hydrogen-bond donors (Lipinski definition) is 0. The van der Waals surface area contributed by atoms with Crippen molar-refractivity contribution in [2.75, 3.05) is 11.5 Å². The summed E-state index contributed by atoms with van der Waals surface area (Å²) in [4.78, 5) is 0. The van der Waals surface area contributed by atoms with Gasteiger partial charge in [0, 0.05) is 53.8 Å². The summed E-state index contributed by atoms with van der Waals surface area (Å²) in [6, 6.07) is 65.9. The number of hydrogen-bond acceptors (Lipinski definition) is 6. The van der Waals surface area contributed by atoms with Crippen LogP contribution >= 0.6 is 14.1 Å². The first-order valence-electron chi connectivity index (χ1n) is 32.6. The second kappa shape index (κ2) is 22.9. The Morgan fingerprint density at radius 1 is 0.433 bits per heavy atom. The molecule has 4 fully saturated rings. The Bertz CT molecular complexity index is 4030. The van der Waals surface area contributed by atoms with Crippen molar-refractivity contribution in [1.29, 1.82) is 0 Å². The number of fused-ring (bicyclic) bond motifs is 6. The lowest BCUT2D eigenvalue weighted by molar-refractivity contribution is 0.0236. The number of rotatable bonds is 17. The molecule has 12 rings (SSSR count). The molecule has 8 aromatic rings. The van der Waals surface area contributed by atoms with Crippen LogP contribution < -0.4 is 31.8 Å². The molecule has 0 N–H and O–H groups in total. The van der Waals surface area contributed by atoms with Gasteiger partial charge in [0.05, 0.1) is 37.8 Å². The van der Waals surface area contributed by atoms with E-state index in [9.17, 15) is 0 Å². The molecular weight excluding hydrogens is 1220 g/mol. The van der Waals surface area contributed by atoms with Crippen molar-refractivity contribution >= 4 is 104 Å². The van der Waals surface area contributed by atoms with E-state index in [0.717, 1.165) is 103 Å². The highest BCUT2D eigenvalue weighted by atomic mass is 32.2. The predicted molar refractivity (Wildman–Crippen MR) is 388 cm³/mol. The molecule has 14 heteroatoms. The van der Waals surface area contributed by atoms with Gasteiger partial charge in [-0.25, -0.2) is 16.8 Å². The van der Waals surface area contributed by atoms with Crippen LogP contribution in [0.4, 0.5) is 0 Å². The monoisotopic (exact) mass is 1310 g/mol. The average Bonchev–Trinajstić information content (AvgIpc) is 1.02. The van der Waals surface area contributed by atoms with E-state index in [1.165, 1.54) is 0 Å². The van der Waals surface area contributed by atoms with Crippen molar-refractivity contribution in [2.24, 2.45) is 41.8 Å². The van der Waals surface area contributed by atoms with Crippen molar-refractivity contribution in [3.63, 3.8) is 0 Å². The highest BCUT2D eigenvalue weighted by molar-refractivity contribution is 8.00. The highest BCUT2D eigenvalue weighted by Gasteiger charge is 2.68. The van der Waals surface area contributed by atoms with Gasteiger partial charge < -0.3 is 8.85 Å². The Labute approximate surface area is 540 Å². The third-order valence-corrected chi connectivity index (χ3v) is 44.9. The van der Waals surface area contributed by atoms with Gasteiger partial charge in [0.1, 0.15) is 0 Å². The summed E-state index contributed by atoms with van der Waals surface area (Å²) < 4.78 is 93.3. The molecule has 90 heavy (non-hydrogen) atoms. The molecule has 0 aliphatic heterocycles. The first-order valence-corrected chi connectivity index (χ1v) is 45.1. The maximum absolute atomic E-state index is 16.7. The van der Waals surface area contributed by atoms with E-state index in [1.807, 2.05) is 84.9 Å². The van der Waals surface area contributed by atoms with E-state index in [4.69, 9.17) is 17.2 Å². The summed E-state index contributed by atoms with van der Waals surface area (Å²) in [5, 5.41) is 8.23. The summed E-state index contributed by atoms with van der Waals surface area (Å²) in [7, 11) is -21.0. The maximum atomic E-state index is 16.7. The quantitative estimate of drug-likeness (QED) is 0.0663. The molecule has 0 heterocycles. The summed E-state index contributed by atoms with van der Waals surface area (Å²) in [5.41, 5.74) is -0.460. The van der Waals surface area contributed by atoms with Gasteiger partial charge in [-0.3, -0.25) is 0 Å². The molecular formula is C76H94N2O6P2S2Si2. The summed E-state index contributed by atoms with van der Waals surface area (Å²) in [6.07, 6.45) is 4.51. The SMILES string of the molecule is CC1(C)[C@@H]2CC[C@@]1(CS(=O)(=O)N=P(c1ccccc1)(c1ccccc1)c1ccc3ccccc3c1-c1c(P(=NS(=O)(=O)C[C@]34CC[C@H](C[C@H]3O[Si](C)(C)C(C)(C)C)C4(C)C)(c3ccccc3)c3ccccc3)ccc3ccccc13)[C@H](O[Si](C)(C)C(C)(C)C)C2. The Balaban J connectivity index is 1.20. The van der Waals surface area contributed by atoms with E-state index < -0.39 is 61.6 Å². The van der Waals surface area contributed by atoms with Gasteiger partial charge in [0.2, 0.25) is 0 Å². The summed E-state index contributed by atoms with van der Waals surface area (Å²) in [5.74, 6) is 0.318. The lowest BCUT2D eigenvalue weighted by Gasteiger charge is -2.47. The van der Waals surface area contributed by atoms with Gasteiger partial charge in [-0.05, 0) is 119 Å². The largest absolute Gasteiger partial charge is 0.413 e. The van der Waals surface area contributed by atoms with Gasteiger partial charge in [-0.15, -0.1) is 0 Å². The van der Waals surface area contributed by atoms with Crippen LogP contribution in [0.5, 0.6) is 0 Å². The van der Waals surface area contributed by atoms with Crippen molar-refractivity contribution in [3.8, 4) is 11.1 Å². The Morgan fingerprint density at radius 3 is 1.01 bits per heavy atom. The zero-order chi connectivity index (χ0) is 64.4. The molecule has 0 radical (unpaired) electrons. The molecule has 8 nitrogen and oxygen atoms in total. The van der Waals surface area contributed by atoms with Crippen LogP contribution in [-0.4, -0.2) is 57.2 Å².